The Bertz CT molecular complexity index is 1190. The lowest BCUT2D eigenvalue weighted by molar-refractivity contribution is -0.137. The zero-order valence-corrected chi connectivity index (χ0v) is 21.8. The minimum Gasteiger partial charge on any atom is -0.371 e. The Balaban J connectivity index is 1.23. The zero-order valence-electron chi connectivity index (χ0n) is 21.8. The lowest BCUT2D eigenvalue weighted by Gasteiger charge is -2.39. The van der Waals surface area contributed by atoms with Gasteiger partial charge in [-0.05, 0) is 103 Å². The van der Waals surface area contributed by atoms with E-state index >= 15 is 0 Å². The number of halogens is 3. The molecule has 2 aromatic carbocycles. The second-order valence-corrected chi connectivity index (χ2v) is 10.9. The minimum atomic E-state index is -4.30. The number of piperidine rings is 1. The molecule has 1 aliphatic carbocycles. The molecule has 3 N–H and O–H groups in total. The number of hydrogen-bond acceptors (Lipinski definition) is 4. The van der Waals surface area contributed by atoms with Crippen LogP contribution in [0.25, 0.3) is 11.1 Å². The number of aromatic nitrogens is 1. The highest BCUT2D eigenvalue weighted by Gasteiger charge is 2.32. The average Bonchev–Trinajstić information content (AvgIpc) is 2.94. The summed E-state index contributed by atoms with van der Waals surface area (Å²) < 4.78 is 39.0. The van der Waals surface area contributed by atoms with Gasteiger partial charge in [-0.15, -0.1) is 0 Å². The van der Waals surface area contributed by atoms with Crippen molar-refractivity contribution in [2.24, 2.45) is 17.6 Å². The molecule has 4 nitrogen and oxygen atoms in total. The molecule has 0 spiro atoms. The highest BCUT2D eigenvalue weighted by atomic mass is 19.4. The lowest BCUT2D eigenvalue weighted by atomic mass is 9.77. The van der Waals surface area contributed by atoms with E-state index in [0.717, 1.165) is 60.5 Å². The van der Waals surface area contributed by atoms with Gasteiger partial charge in [0.25, 0.3) is 0 Å². The number of nitrogens with two attached hydrogens (primary N) is 1. The van der Waals surface area contributed by atoms with Gasteiger partial charge in [-0.1, -0.05) is 31.0 Å². The molecule has 3 aromatic rings. The summed E-state index contributed by atoms with van der Waals surface area (Å²) in [5.74, 6) is 2.01. The predicted molar refractivity (Wildman–Crippen MR) is 148 cm³/mol. The van der Waals surface area contributed by atoms with Gasteiger partial charge in [-0.2, -0.15) is 13.2 Å². The molecule has 1 aromatic heterocycles. The smallest absolute Gasteiger partial charge is 0.371 e. The molecule has 2 fully saturated rings. The largest absolute Gasteiger partial charge is 0.416 e. The third-order valence-corrected chi connectivity index (χ3v) is 8.21. The summed E-state index contributed by atoms with van der Waals surface area (Å²) in [6.07, 6.45) is 5.75. The van der Waals surface area contributed by atoms with Gasteiger partial charge in [0.1, 0.15) is 5.82 Å². The van der Waals surface area contributed by atoms with Gasteiger partial charge in [0.15, 0.2) is 0 Å². The van der Waals surface area contributed by atoms with Gasteiger partial charge in [-0.3, -0.25) is 0 Å². The quantitative estimate of drug-likeness (QED) is 0.337. The highest BCUT2D eigenvalue weighted by Crippen LogP contribution is 2.36. The van der Waals surface area contributed by atoms with Gasteiger partial charge in [-0.25, -0.2) is 4.98 Å². The Kier molecular flexibility index (Phi) is 8.22. The van der Waals surface area contributed by atoms with Crippen LogP contribution in [-0.2, 0) is 12.7 Å². The van der Waals surface area contributed by atoms with Crippen LogP contribution in [0.15, 0.2) is 66.9 Å². The lowest BCUT2D eigenvalue weighted by Crippen LogP contribution is -2.39. The molecule has 7 heteroatoms. The molecule has 1 saturated carbocycles. The number of nitrogens with one attached hydrogen (secondary N) is 1. The summed E-state index contributed by atoms with van der Waals surface area (Å²) in [5.41, 5.74) is 9.52. The van der Waals surface area contributed by atoms with Crippen molar-refractivity contribution in [3.05, 3.63) is 78.0 Å². The maximum absolute atomic E-state index is 13.0. The number of alkyl halides is 3. The maximum Gasteiger partial charge on any atom is 0.416 e. The fourth-order valence-electron chi connectivity index (χ4n) is 6.22. The molecule has 38 heavy (non-hydrogen) atoms. The number of nitrogens with zero attached hydrogens (tertiary/aromatic N) is 2. The molecule has 5 rings (SSSR count). The van der Waals surface area contributed by atoms with Gasteiger partial charge in [0.05, 0.1) is 5.56 Å². The molecular weight excluding hydrogens is 485 g/mol. The van der Waals surface area contributed by atoms with E-state index in [2.05, 4.69) is 33.4 Å². The van der Waals surface area contributed by atoms with Crippen molar-refractivity contribution in [2.75, 3.05) is 23.3 Å². The first-order valence-corrected chi connectivity index (χ1v) is 13.8. The fraction of sp³-hybridized carbons (Fsp3) is 0.452. The standard InChI is InChI=1S/C31H37F3N4/c32-31(33,34)27-10-12-28(13-11-27)38-16-4-6-23(21-38)18-26-7-1-2-9-29(26)37-30-19-25(14-15-36-30)24-8-3-5-22(17-24)20-35/h3,5,8,10-15,17,19,23,26,29H,1-2,4,6-7,9,16,18,20-21,35H2,(H,36,37)/t23-,26+,29-/m1/s1. The van der Waals surface area contributed by atoms with E-state index < -0.39 is 11.7 Å². The van der Waals surface area contributed by atoms with Gasteiger partial charge >= 0.3 is 6.18 Å². The van der Waals surface area contributed by atoms with Crippen molar-refractivity contribution in [3.63, 3.8) is 0 Å². The Morgan fingerprint density at radius 1 is 0.921 bits per heavy atom. The van der Waals surface area contributed by atoms with Crippen molar-refractivity contribution in [1.82, 2.24) is 4.98 Å². The van der Waals surface area contributed by atoms with Crippen LogP contribution in [0, 0.1) is 11.8 Å². The van der Waals surface area contributed by atoms with E-state index in [1.165, 1.54) is 37.8 Å². The first-order chi connectivity index (χ1) is 18.4. The Morgan fingerprint density at radius 3 is 2.50 bits per heavy atom. The Morgan fingerprint density at radius 2 is 1.71 bits per heavy atom. The molecule has 0 amide bonds. The van der Waals surface area contributed by atoms with Crippen LogP contribution < -0.4 is 16.0 Å². The summed E-state index contributed by atoms with van der Waals surface area (Å²) in [5, 5.41) is 3.77. The summed E-state index contributed by atoms with van der Waals surface area (Å²) in [4.78, 5) is 6.90. The first kappa shape index (κ1) is 26.5. The number of hydrogen-bond donors (Lipinski definition) is 2. The van der Waals surface area contributed by atoms with Crippen LogP contribution in [0.4, 0.5) is 24.7 Å². The van der Waals surface area contributed by atoms with Crippen LogP contribution in [0.5, 0.6) is 0 Å². The van der Waals surface area contributed by atoms with Crippen LogP contribution >= 0.6 is 0 Å². The molecule has 2 aliphatic rings. The topological polar surface area (TPSA) is 54.2 Å². The SMILES string of the molecule is NCc1cccc(-c2ccnc(N[C@@H]3CCCC[C@H]3C[C@H]3CCCN(c4ccc(C(F)(F)F)cc4)C3)c2)c1. The van der Waals surface area contributed by atoms with Crippen molar-refractivity contribution in [1.29, 1.82) is 0 Å². The van der Waals surface area contributed by atoms with Crippen LogP contribution in [0.3, 0.4) is 0 Å². The molecular formula is C31H37F3N4. The number of benzene rings is 2. The molecule has 1 aliphatic heterocycles. The van der Waals surface area contributed by atoms with E-state index in [1.807, 2.05) is 24.4 Å². The van der Waals surface area contributed by atoms with Crippen molar-refractivity contribution >= 4 is 11.5 Å². The van der Waals surface area contributed by atoms with Crippen LogP contribution in [-0.4, -0.2) is 24.1 Å². The van der Waals surface area contributed by atoms with Crippen molar-refractivity contribution < 1.29 is 13.2 Å². The van der Waals surface area contributed by atoms with Crippen LogP contribution in [0.1, 0.15) is 56.1 Å². The molecule has 0 radical (unpaired) electrons. The maximum atomic E-state index is 13.0. The van der Waals surface area contributed by atoms with E-state index in [-0.39, 0.29) is 0 Å². The van der Waals surface area contributed by atoms with Gasteiger partial charge in [0.2, 0.25) is 0 Å². The van der Waals surface area contributed by atoms with Gasteiger partial charge in [0, 0.05) is 37.6 Å². The van der Waals surface area contributed by atoms with E-state index in [1.54, 1.807) is 12.1 Å². The number of anilines is 2. The Labute approximate surface area is 223 Å². The van der Waals surface area contributed by atoms with E-state index in [9.17, 15) is 13.2 Å². The number of rotatable bonds is 7. The summed E-state index contributed by atoms with van der Waals surface area (Å²) in [6, 6.07) is 18.5. The third-order valence-electron chi connectivity index (χ3n) is 8.21. The second-order valence-electron chi connectivity index (χ2n) is 10.9. The molecule has 2 heterocycles. The zero-order chi connectivity index (χ0) is 26.5. The summed E-state index contributed by atoms with van der Waals surface area (Å²) >= 11 is 0. The molecule has 1 saturated heterocycles. The third kappa shape index (κ3) is 6.49. The predicted octanol–water partition coefficient (Wildman–Crippen LogP) is 7.50. The normalized spacial score (nSPS) is 22.3. The first-order valence-electron chi connectivity index (χ1n) is 13.8. The molecule has 0 unspecified atom stereocenters. The summed E-state index contributed by atoms with van der Waals surface area (Å²) in [7, 11) is 0. The highest BCUT2D eigenvalue weighted by molar-refractivity contribution is 5.67. The molecule has 0 bridgehead atoms. The molecule has 202 valence electrons. The Hall–Kier alpha value is -3.06. The molecule has 3 atom stereocenters. The minimum absolute atomic E-state index is 0.378. The number of pyridine rings is 1. The summed E-state index contributed by atoms with van der Waals surface area (Å²) in [6.45, 7) is 2.32. The van der Waals surface area contributed by atoms with Gasteiger partial charge < -0.3 is 16.0 Å². The van der Waals surface area contributed by atoms with Crippen molar-refractivity contribution in [3.8, 4) is 11.1 Å². The second kappa shape index (κ2) is 11.8. The fourth-order valence-corrected chi connectivity index (χ4v) is 6.22. The van der Waals surface area contributed by atoms with E-state index in [4.69, 9.17) is 5.73 Å². The van der Waals surface area contributed by atoms with Crippen LogP contribution in [0.2, 0.25) is 0 Å². The van der Waals surface area contributed by atoms with Crippen molar-refractivity contribution in [2.45, 2.75) is 63.7 Å². The van der Waals surface area contributed by atoms with E-state index in [0.29, 0.717) is 24.4 Å². The average molecular weight is 523 g/mol. The monoisotopic (exact) mass is 522 g/mol.